The smallest absolute Gasteiger partial charge is 0.246 e. The highest BCUT2D eigenvalue weighted by atomic mass is 32.2. The fourth-order valence-electron chi connectivity index (χ4n) is 3.47. The predicted octanol–water partition coefficient (Wildman–Crippen LogP) is 2.48. The van der Waals surface area contributed by atoms with Gasteiger partial charge in [-0.05, 0) is 37.2 Å². The summed E-state index contributed by atoms with van der Waals surface area (Å²) in [5.74, 6) is -1.87. The van der Waals surface area contributed by atoms with Crippen molar-refractivity contribution in [3.05, 3.63) is 29.8 Å². The Labute approximate surface area is 158 Å². The van der Waals surface area contributed by atoms with Gasteiger partial charge in [-0.2, -0.15) is 4.31 Å². The molecule has 5 nitrogen and oxygen atoms in total. The van der Waals surface area contributed by atoms with Gasteiger partial charge in [0.05, 0.1) is 0 Å². The molecule has 0 unspecified atom stereocenters. The Morgan fingerprint density at radius 3 is 2.35 bits per heavy atom. The van der Waals surface area contributed by atoms with Gasteiger partial charge in [0, 0.05) is 38.3 Å². The van der Waals surface area contributed by atoms with Gasteiger partial charge in [0.2, 0.25) is 10.0 Å². The third-order valence-electron chi connectivity index (χ3n) is 4.97. The maximum absolute atomic E-state index is 13.9. The molecule has 1 heterocycles. The molecule has 0 atom stereocenters. The van der Waals surface area contributed by atoms with Crippen LogP contribution in [0, 0.1) is 11.6 Å². The normalized spacial score (nSPS) is 20.2. The molecular formula is C17H23F2N3O2S2. The lowest BCUT2D eigenvalue weighted by molar-refractivity contribution is 0.259. The number of halogens is 2. The van der Waals surface area contributed by atoms with Crippen molar-refractivity contribution in [1.82, 2.24) is 14.5 Å². The zero-order chi connectivity index (χ0) is 18.7. The Morgan fingerprint density at radius 1 is 1.08 bits per heavy atom. The summed E-state index contributed by atoms with van der Waals surface area (Å²) in [6.45, 7) is 1.32. The van der Waals surface area contributed by atoms with Crippen molar-refractivity contribution in [1.29, 1.82) is 0 Å². The molecule has 9 heteroatoms. The lowest BCUT2D eigenvalue weighted by Gasteiger charge is -2.37. The molecule has 144 valence electrons. The van der Waals surface area contributed by atoms with Crippen molar-refractivity contribution < 1.29 is 17.2 Å². The molecular weight excluding hydrogens is 380 g/mol. The van der Waals surface area contributed by atoms with E-state index in [4.69, 9.17) is 12.2 Å². The van der Waals surface area contributed by atoms with Crippen LogP contribution < -0.4 is 5.32 Å². The summed E-state index contributed by atoms with van der Waals surface area (Å²) < 4.78 is 53.4. The summed E-state index contributed by atoms with van der Waals surface area (Å²) in [4.78, 5) is 1.46. The van der Waals surface area contributed by atoms with Gasteiger partial charge in [-0.15, -0.1) is 0 Å². The first-order chi connectivity index (χ1) is 12.4. The average Bonchev–Trinajstić information content (AvgIpc) is 2.62. The van der Waals surface area contributed by atoms with E-state index >= 15 is 0 Å². The Morgan fingerprint density at radius 2 is 1.73 bits per heavy atom. The lowest BCUT2D eigenvalue weighted by atomic mass is 9.96. The Hall–Kier alpha value is -1.32. The van der Waals surface area contributed by atoms with Gasteiger partial charge in [0.1, 0.15) is 16.5 Å². The number of hydrogen-bond donors (Lipinski definition) is 1. The summed E-state index contributed by atoms with van der Waals surface area (Å²) in [5.41, 5.74) is 0. The summed E-state index contributed by atoms with van der Waals surface area (Å²) >= 11 is 5.46. The molecule has 1 aromatic rings. The van der Waals surface area contributed by atoms with Crippen molar-refractivity contribution >= 4 is 27.4 Å². The van der Waals surface area contributed by atoms with Crippen LogP contribution in [0.25, 0.3) is 0 Å². The quantitative estimate of drug-likeness (QED) is 0.786. The van der Waals surface area contributed by atoms with E-state index in [1.54, 1.807) is 0 Å². The first-order valence-electron chi connectivity index (χ1n) is 8.88. The highest BCUT2D eigenvalue weighted by molar-refractivity contribution is 7.89. The molecule has 0 aromatic heterocycles. The van der Waals surface area contributed by atoms with Gasteiger partial charge in [-0.1, -0.05) is 19.3 Å². The molecule has 1 saturated heterocycles. The van der Waals surface area contributed by atoms with Crippen LogP contribution >= 0.6 is 12.2 Å². The Kier molecular flexibility index (Phi) is 6.09. The van der Waals surface area contributed by atoms with Crippen molar-refractivity contribution in [2.24, 2.45) is 0 Å². The number of thiocarbonyl (C=S) groups is 1. The third-order valence-corrected chi connectivity index (χ3v) is 7.28. The van der Waals surface area contributed by atoms with Crippen LogP contribution in [-0.4, -0.2) is 55.0 Å². The number of sulfonamides is 1. The molecule has 1 N–H and O–H groups in total. The summed E-state index contributed by atoms with van der Waals surface area (Å²) in [6, 6.07) is 2.91. The number of hydrogen-bond acceptors (Lipinski definition) is 3. The second-order valence-corrected chi connectivity index (χ2v) is 9.04. The topological polar surface area (TPSA) is 52.7 Å². The molecule has 0 amide bonds. The second-order valence-electron chi connectivity index (χ2n) is 6.75. The van der Waals surface area contributed by atoms with Crippen LogP contribution in [0.3, 0.4) is 0 Å². The molecule has 1 aliphatic heterocycles. The van der Waals surface area contributed by atoms with Crippen LogP contribution in [0.5, 0.6) is 0 Å². The number of benzene rings is 1. The first-order valence-corrected chi connectivity index (χ1v) is 10.7. The molecule has 2 fully saturated rings. The van der Waals surface area contributed by atoms with Gasteiger partial charge >= 0.3 is 0 Å². The minimum Gasteiger partial charge on any atom is -0.360 e. The van der Waals surface area contributed by atoms with Gasteiger partial charge in [-0.3, -0.25) is 0 Å². The van der Waals surface area contributed by atoms with E-state index in [9.17, 15) is 17.2 Å². The van der Waals surface area contributed by atoms with Gasteiger partial charge < -0.3 is 10.2 Å². The molecule has 0 bridgehead atoms. The second kappa shape index (κ2) is 8.14. The summed E-state index contributed by atoms with van der Waals surface area (Å²) in [7, 11) is -3.98. The largest absolute Gasteiger partial charge is 0.360 e. The molecule has 0 radical (unpaired) electrons. The number of nitrogens with one attached hydrogen (secondary N) is 1. The van der Waals surface area contributed by atoms with Crippen molar-refractivity contribution in [3.8, 4) is 0 Å². The fourth-order valence-corrected chi connectivity index (χ4v) is 5.28. The maximum atomic E-state index is 13.9. The lowest BCUT2D eigenvalue weighted by Crippen LogP contribution is -2.54. The van der Waals surface area contributed by atoms with E-state index in [-0.39, 0.29) is 13.1 Å². The third kappa shape index (κ3) is 4.32. The summed E-state index contributed by atoms with van der Waals surface area (Å²) in [5, 5.41) is 4.03. The average molecular weight is 404 g/mol. The molecule has 1 aromatic carbocycles. The predicted molar refractivity (Wildman–Crippen MR) is 99.3 cm³/mol. The molecule has 1 aliphatic carbocycles. The minimum atomic E-state index is -3.98. The highest BCUT2D eigenvalue weighted by Crippen LogP contribution is 2.22. The number of piperazine rings is 1. The number of nitrogens with zero attached hydrogens (tertiary/aromatic N) is 2. The standard InChI is InChI=1S/C17H23F2N3O2S2/c18-13-6-7-16(15(19)12-13)26(23,24)22-10-8-21(9-11-22)17(25)20-14-4-2-1-3-5-14/h6-7,12,14H,1-5,8-11H2,(H,20,25). The molecule has 0 spiro atoms. The Balaban J connectivity index is 1.59. The first kappa shape index (κ1) is 19.4. The van der Waals surface area contributed by atoms with E-state index < -0.39 is 26.6 Å². The van der Waals surface area contributed by atoms with E-state index in [1.165, 1.54) is 23.6 Å². The minimum absolute atomic E-state index is 0.214. The van der Waals surface area contributed by atoms with Gasteiger partial charge in [-0.25, -0.2) is 17.2 Å². The van der Waals surface area contributed by atoms with Crippen LogP contribution in [-0.2, 0) is 10.0 Å². The van der Waals surface area contributed by atoms with Gasteiger partial charge in [0.25, 0.3) is 0 Å². The van der Waals surface area contributed by atoms with Crippen molar-refractivity contribution in [2.75, 3.05) is 26.2 Å². The van der Waals surface area contributed by atoms with E-state index in [2.05, 4.69) is 5.32 Å². The maximum Gasteiger partial charge on any atom is 0.246 e. The highest BCUT2D eigenvalue weighted by Gasteiger charge is 2.31. The zero-order valence-electron chi connectivity index (χ0n) is 14.5. The van der Waals surface area contributed by atoms with E-state index in [0.717, 1.165) is 25.0 Å². The number of rotatable bonds is 3. The molecule has 3 rings (SSSR count). The van der Waals surface area contributed by atoms with Gasteiger partial charge in [0.15, 0.2) is 5.11 Å². The zero-order valence-corrected chi connectivity index (χ0v) is 16.1. The van der Waals surface area contributed by atoms with Crippen LogP contribution in [0.15, 0.2) is 23.1 Å². The van der Waals surface area contributed by atoms with Crippen molar-refractivity contribution in [3.63, 3.8) is 0 Å². The van der Waals surface area contributed by atoms with Crippen LogP contribution in [0.4, 0.5) is 8.78 Å². The summed E-state index contributed by atoms with van der Waals surface area (Å²) in [6.07, 6.45) is 5.89. The van der Waals surface area contributed by atoms with E-state index in [0.29, 0.717) is 30.3 Å². The van der Waals surface area contributed by atoms with Crippen LogP contribution in [0.1, 0.15) is 32.1 Å². The SMILES string of the molecule is O=S(=O)(c1ccc(F)cc1F)N1CCN(C(=S)NC2CCCCC2)CC1. The molecule has 2 aliphatic rings. The van der Waals surface area contributed by atoms with Crippen LogP contribution in [0.2, 0.25) is 0 Å². The van der Waals surface area contributed by atoms with E-state index in [1.807, 2.05) is 4.90 Å². The molecule has 1 saturated carbocycles. The monoisotopic (exact) mass is 403 g/mol. The Bertz CT molecular complexity index is 759. The van der Waals surface area contributed by atoms with Crippen molar-refractivity contribution in [2.45, 2.75) is 43.0 Å². The fraction of sp³-hybridized carbons (Fsp3) is 0.588. The molecule has 26 heavy (non-hydrogen) atoms.